The van der Waals surface area contributed by atoms with E-state index in [1.165, 1.54) is 0 Å². The highest BCUT2D eigenvalue weighted by atomic mass is 28.4. The van der Waals surface area contributed by atoms with Crippen LogP contribution in [-0.4, -0.2) is 25.0 Å². The van der Waals surface area contributed by atoms with Crippen LogP contribution in [-0.2, 0) is 4.43 Å². The molecule has 1 aromatic heterocycles. The number of aliphatic hydroxyl groups excluding tert-OH is 1. The van der Waals surface area contributed by atoms with Gasteiger partial charge in [0, 0.05) is 18.0 Å². The summed E-state index contributed by atoms with van der Waals surface area (Å²) in [5.74, 6) is 0. The first-order valence-corrected chi connectivity index (χ1v) is 9.68. The third-order valence-electron chi connectivity index (χ3n) is 4.27. The van der Waals surface area contributed by atoms with Crippen molar-refractivity contribution >= 4 is 8.32 Å². The summed E-state index contributed by atoms with van der Waals surface area (Å²) in [7, 11) is -1.90. The number of aromatic nitrogens is 1. The summed E-state index contributed by atoms with van der Waals surface area (Å²) < 4.78 is 6.39. The SMILES string of the molecule is CC(C)[Si](OC[C@@H](O)c1cccnc1)(C(C)C)C(C)C. The Morgan fingerprint density at radius 3 is 2.05 bits per heavy atom. The molecule has 0 aliphatic heterocycles. The highest BCUT2D eigenvalue weighted by Gasteiger charge is 2.45. The van der Waals surface area contributed by atoms with Crippen molar-refractivity contribution in [2.24, 2.45) is 0 Å². The predicted octanol–water partition coefficient (Wildman–Crippen LogP) is 4.31. The molecule has 114 valence electrons. The fourth-order valence-corrected chi connectivity index (χ4v) is 8.84. The molecule has 1 atom stereocenters. The van der Waals surface area contributed by atoms with E-state index in [1.54, 1.807) is 12.4 Å². The summed E-state index contributed by atoms with van der Waals surface area (Å²) in [5, 5.41) is 10.3. The molecule has 1 heterocycles. The van der Waals surface area contributed by atoms with E-state index in [2.05, 4.69) is 46.5 Å². The van der Waals surface area contributed by atoms with Gasteiger partial charge in [0.15, 0.2) is 8.32 Å². The minimum atomic E-state index is -1.90. The van der Waals surface area contributed by atoms with Crippen LogP contribution in [0.1, 0.15) is 53.2 Å². The van der Waals surface area contributed by atoms with Gasteiger partial charge in [-0.2, -0.15) is 0 Å². The average Bonchev–Trinajstić information content (AvgIpc) is 2.38. The molecule has 3 nitrogen and oxygen atoms in total. The predicted molar refractivity (Wildman–Crippen MR) is 86.2 cm³/mol. The normalized spacial score (nSPS) is 14.3. The number of nitrogens with zero attached hydrogens (tertiary/aromatic N) is 1. The van der Waals surface area contributed by atoms with Crippen LogP contribution in [0.2, 0.25) is 16.6 Å². The second-order valence-electron chi connectivity index (χ2n) is 6.43. The first-order valence-electron chi connectivity index (χ1n) is 7.54. The smallest absolute Gasteiger partial charge is 0.200 e. The van der Waals surface area contributed by atoms with Crippen LogP contribution in [0.3, 0.4) is 0 Å². The molecular weight excluding hydrogens is 266 g/mol. The molecule has 0 unspecified atom stereocenters. The minimum Gasteiger partial charge on any atom is -0.413 e. The van der Waals surface area contributed by atoms with Gasteiger partial charge in [-0.05, 0) is 22.7 Å². The molecule has 0 radical (unpaired) electrons. The van der Waals surface area contributed by atoms with E-state index in [1.807, 2.05) is 12.1 Å². The average molecular weight is 295 g/mol. The molecule has 20 heavy (non-hydrogen) atoms. The molecule has 0 saturated heterocycles. The zero-order valence-corrected chi connectivity index (χ0v) is 14.6. The second kappa shape index (κ2) is 7.34. The molecule has 0 saturated carbocycles. The van der Waals surface area contributed by atoms with Crippen molar-refractivity contribution in [2.75, 3.05) is 6.61 Å². The van der Waals surface area contributed by atoms with Crippen LogP contribution in [0.5, 0.6) is 0 Å². The van der Waals surface area contributed by atoms with E-state index < -0.39 is 14.4 Å². The number of aliphatic hydroxyl groups is 1. The van der Waals surface area contributed by atoms with Crippen LogP contribution < -0.4 is 0 Å². The van der Waals surface area contributed by atoms with E-state index in [4.69, 9.17) is 4.43 Å². The van der Waals surface area contributed by atoms with Gasteiger partial charge in [-0.1, -0.05) is 47.6 Å². The number of hydrogen-bond acceptors (Lipinski definition) is 3. The van der Waals surface area contributed by atoms with Gasteiger partial charge in [-0.15, -0.1) is 0 Å². The molecule has 0 spiro atoms. The van der Waals surface area contributed by atoms with Gasteiger partial charge in [0.05, 0.1) is 6.61 Å². The van der Waals surface area contributed by atoms with E-state index in [9.17, 15) is 5.11 Å². The lowest BCUT2D eigenvalue weighted by molar-refractivity contribution is 0.0975. The van der Waals surface area contributed by atoms with E-state index >= 15 is 0 Å². The van der Waals surface area contributed by atoms with E-state index in [0.717, 1.165) is 5.56 Å². The Morgan fingerprint density at radius 1 is 1.10 bits per heavy atom. The van der Waals surface area contributed by atoms with Gasteiger partial charge in [-0.3, -0.25) is 4.98 Å². The number of rotatable bonds is 7. The third kappa shape index (κ3) is 3.68. The van der Waals surface area contributed by atoms with Crippen LogP contribution in [0.15, 0.2) is 24.5 Å². The van der Waals surface area contributed by atoms with Crippen molar-refractivity contribution in [3.05, 3.63) is 30.1 Å². The van der Waals surface area contributed by atoms with Crippen molar-refractivity contribution < 1.29 is 9.53 Å². The van der Waals surface area contributed by atoms with Crippen LogP contribution >= 0.6 is 0 Å². The lowest BCUT2D eigenvalue weighted by Gasteiger charge is -2.42. The molecule has 1 rings (SSSR count). The van der Waals surface area contributed by atoms with Gasteiger partial charge in [0.25, 0.3) is 0 Å². The fourth-order valence-electron chi connectivity index (χ4n) is 3.39. The molecular formula is C16H29NO2Si. The van der Waals surface area contributed by atoms with Gasteiger partial charge >= 0.3 is 0 Å². The summed E-state index contributed by atoms with van der Waals surface area (Å²) >= 11 is 0. The largest absolute Gasteiger partial charge is 0.413 e. The van der Waals surface area contributed by atoms with Gasteiger partial charge in [0.1, 0.15) is 6.10 Å². The highest BCUT2D eigenvalue weighted by Crippen LogP contribution is 2.42. The zero-order chi connectivity index (χ0) is 15.3. The summed E-state index contributed by atoms with van der Waals surface area (Å²) in [4.78, 5) is 4.05. The van der Waals surface area contributed by atoms with Crippen molar-refractivity contribution in [3.63, 3.8) is 0 Å². The Bertz CT molecular complexity index is 371. The number of hydrogen-bond donors (Lipinski definition) is 1. The molecule has 1 N–H and O–H groups in total. The first kappa shape index (κ1) is 17.3. The Labute approximate surface area is 124 Å². The first-order chi connectivity index (χ1) is 9.32. The maximum Gasteiger partial charge on any atom is 0.200 e. The third-order valence-corrected chi connectivity index (χ3v) is 10.3. The zero-order valence-electron chi connectivity index (χ0n) is 13.6. The lowest BCUT2D eigenvalue weighted by Crippen LogP contribution is -2.48. The van der Waals surface area contributed by atoms with Gasteiger partial charge < -0.3 is 9.53 Å². The fraction of sp³-hybridized carbons (Fsp3) is 0.688. The standard InChI is InChI=1S/C16H29NO2Si/c1-12(2)20(13(3)4,14(5)6)19-11-16(18)15-8-7-9-17-10-15/h7-10,12-14,16,18H,11H2,1-6H3/t16-/m1/s1. The molecule has 4 heteroatoms. The summed E-state index contributed by atoms with van der Waals surface area (Å²) in [6.45, 7) is 13.9. The quantitative estimate of drug-likeness (QED) is 0.762. The maximum absolute atomic E-state index is 10.3. The Kier molecular flexibility index (Phi) is 6.36. The topological polar surface area (TPSA) is 42.4 Å². The lowest BCUT2D eigenvalue weighted by atomic mass is 10.2. The monoisotopic (exact) mass is 295 g/mol. The van der Waals surface area contributed by atoms with E-state index in [0.29, 0.717) is 23.2 Å². The maximum atomic E-state index is 10.3. The molecule has 0 aliphatic carbocycles. The summed E-state index contributed by atoms with van der Waals surface area (Å²) in [6, 6.07) is 3.74. The van der Waals surface area contributed by atoms with Crippen molar-refractivity contribution in [1.82, 2.24) is 4.98 Å². The summed E-state index contributed by atoms with van der Waals surface area (Å²) in [6.07, 6.45) is 2.83. The van der Waals surface area contributed by atoms with E-state index in [-0.39, 0.29) is 0 Å². The van der Waals surface area contributed by atoms with Gasteiger partial charge in [-0.25, -0.2) is 0 Å². The Hall–Kier alpha value is -0.713. The molecule has 0 fully saturated rings. The second-order valence-corrected chi connectivity index (χ2v) is 11.9. The number of pyridine rings is 1. The molecule has 1 aromatic rings. The minimum absolute atomic E-state index is 0.368. The molecule has 0 aliphatic rings. The van der Waals surface area contributed by atoms with Gasteiger partial charge in [0.2, 0.25) is 0 Å². The molecule has 0 bridgehead atoms. The van der Waals surface area contributed by atoms with Crippen LogP contribution in [0.4, 0.5) is 0 Å². The molecule has 0 amide bonds. The van der Waals surface area contributed by atoms with Crippen molar-refractivity contribution in [1.29, 1.82) is 0 Å². The Morgan fingerprint density at radius 2 is 1.65 bits per heavy atom. The van der Waals surface area contributed by atoms with Crippen LogP contribution in [0.25, 0.3) is 0 Å². The van der Waals surface area contributed by atoms with Crippen molar-refractivity contribution in [2.45, 2.75) is 64.3 Å². The Balaban J connectivity index is 2.82. The highest BCUT2D eigenvalue weighted by molar-refractivity contribution is 6.77. The summed E-state index contributed by atoms with van der Waals surface area (Å²) in [5.41, 5.74) is 2.42. The van der Waals surface area contributed by atoms with Crippen LogP contribution in [0, 0.1) is 0 Å². The molecule has 0 aromatic carbocycles. The van der Waals surface area contributed by atoms with Crippen molar-refractivity contribution in [3.8, 4) is 0 Å².